The van der Waals surface area contributed by atoms with Crippen LogP contribution in [0.3, 0.4) is 0 Å². The number of rotatable bonds is 2. The molecular formula is C3H8ClPS. The van der Waals surface area contributed by atoms with Crippen molar-refractivity contribution in [3.05, 3.63) is 0 Å². The Hall–Kier alpha value is 1.07. The minimum Gasteiger partial charge on any atom is -0.118 e. The molecule has 0 N–H and O–H groups in total. The lowest BCUT2D eigenvalue weighted by molar-refractivity contribution is 1.54. The summed E-state index contributed by atoms with van der Waals surface area (Å²) in [7, 11) is 0. The van der Waals surface area contributed by atoms with Gasteiger partial charge in [0, 0.05) is 6.48 Å². The fourth-order valence-electron chi connectivity index (χ4n) is 0.178. The summed E-state index contributed by atoms with van der Waals surface area (Å²) in [5, 5.41) is 0. The molecule has 38 valence electrons. The molecule has 6 heavy (non-hydrogen) atoms. The summed E-state index contributed by atoms with van der Waals surface area (Å²) in [6.07, 6.45) is 0. The minimum absolute atomic E-state index is 0.212. The zero-order valence-corrected chi connectivity index (χ0v) is 6.41. The van der Waals surface area contributed by atoms with Crippen LogP contribution < -0.4 is 0 Å². The molecule has 1 atom stereocenters. The third-order valence-corrected chi connectivity index (χ3v) is 3.64. The van der Waals surface area contributed by atoms with Crippen molar-refractivity contribution >= 4 is 29.1 Å². The second kappa shape index (κ2) is 4.23. The van der Waals surface area contributed by atoms with E-state index in [9.17, 15) is 0 Å². The molecule has 0 bridgehead atoms. The lowest BCUT2D eigenvalue weighted by atomic mass is 11.0. The van der Waals surface area contributed by atoms with Crippen LogP contribution in [0.5, 0.6) is 0 Å². The smallest absolute Gasteiger partial charge is 0.0461 e. The SMILES string of the molecule is CCSP(C)Cl. The molecule has 3 heteroatoms. The standard InChI is InChI=1S/C3H8ClPS/c1-3-6-5(2)4/h3H2,1-2H3. The Bertz CT molecular complexity index is 32.0. The summed E-state index contributed by atoms with van der Waals surface area (Å²) >= 11 is 7.42. The zero-order valence-electron chi connectivity index (χ0n) is 3.94. The van der Waals surface area contributed by atoms with E-state index in [1.54, 1.807) is 0 Å². The van der Waals surface area contributed by atoms with Crippen LogP contribution in [0, 0.1) is 0 Å². The van der Waals surface area contributed by atoms with Gasteiger partial charge in [0.05, 0.1) is 0 Å². The van der Waals surface area contributed by atoms with Gasteiger partial charge < -0.3 is 0 Å². The third-order valence-electron chi connectivity index (χ3n) is 0.307. The molecule has 0 aliphatic heterocycles. The third kappa shape index (κ3) is 5.07. The van der Waals surface area contributed by atoms with Crippen LogP contribution >= 0.6 is 29.1 Å². The Morgan fingerprint density at radius 2 is 2.33 bits per heavy atom. The van der Waals surface area contributed by atoms with Crippen molar-refractivity contribution in [2.45, 2.75) is 6.92 Å². The summed E-state index contributed by atoms with van der Waals surface area (Å²) in [4.78, 5) is 0. The van der Waals surface area contributed by atoms with Gasteiger partial charge in [0.2, 0.25) is 0 Å². The highest BCUT2D eigenvalue weighted by atomic mass is 35.7. The van der Waals surface area contributed by atoms with Gasteiger partial charge in [0.15, 0.2) is 0 Å². The lowest BCUT2D eigenvalue weighted by Crippen LogP contribution is -1.54. The molecule has 0 heterocycles. The molecule has 0 aromatic heterocycles. The van der Waals surface area contributed by atoms with E-state index in [0.717, 1.165) is 5.75 Å². The molecule has 0 aliphatic rings. The Morgan fingerprint density at radius 3 is 2.33 bits per heavy atom. The fraction of sp³-hybridized carbons (Fsp3) is 1.00. The van der Waals surface area contributed by atoms with E-state index in [-0.39, 0.29) is 6.48 Å². The quantitative estimate of drug-likeness (QED) is 0.535. The van der Waals surface area contributed by atoms with Crippen molar-refractivity contribution in [2.75, 3.05) is 12.4 Å². The normalized spacial score (nSPS) is 14.5. The van der Waals surface area contributed by atoms with E-state index in [1.807, 2.05) is 18.0 Å². The van der Waals surface area contributed by atoms with Gasteiger partial charge in [-0.15, -0.1) is 11.4 Å². The molecule has 0 aromatic rings. The molecule has 0 nitrogen and oxygen atoms in total. The summed E-state index contributed by atoms with van der Waals surface area (Å²) in [5.41, 5.74) is 0. The second-order valence-electron chi connectivity index (χ2n) is 0.838. The molecule has 0 spiro atoms. The van der Waals surface area contributed by atoms with E-state index in [2.05, 4.69) is 6.92 Å². The fourth-order valence-corrected chi connectivity index (χ4v) is 2.48. The van der Waals surface area contributed by atoms with E-state index < -0.39 is 0 Å². The summed E-state index contributed by atoms with van der Waals surface area (Å²) in [6.45, 7) is 3.95. The van der Waals surface area contributed by atoms with Gasteiger partial charge in [0.25, 0.3) is 0 Å². The van der Waals surface area contributed by atoms with Crippen molar-refractivity contribution in [2.24, 2.45) is 0 Å². The first-order valence-corrected chi connectivity index (χ1v) is 6.08. The number of hydrogen-bond donors (Lipinski definition) is 0. The van der Waals surface area contributed by atoms with E-state index in [1.165, 1.54) is 0 Å². The van der Waals surface area contributed by atoms with Crippen LogP contribution in [0.15, 0.2) is 0 Å². The van der Waals surface area contributed by atoms with Crippen LogP contribution in [0.25, 0.3) is 0 Å². The van der Waals surface area contributed by atoms with E-state index in [4.69, 9.17) is 11.2 Å². The molecule has 0 amide bonds. The predicted octanol–water partition coefficient (Wildman–Crippen LogP) is 2.92. The molecule has 0 fully saturated rings. The first-order chi connectivity index (χ1) is 2.77. The van der Waals surface area contributed by atoms with E-state index >= 15 is 0 Å². The summed E-state index contributed by atoms with van der Waals surface area (Å²) < 4.78 is 0. The Morgan fingerprint density at radius 1 is 1.83 bits per heavy atom. The van der Waals surface area contributed by atoms with Crippen LogP contribution in [0.4, 0.5) is 0 Å². The number of halogens is 1. The number of hydrogen-bond acceptors (Lipinski definition) is 1. The van der Waals surface area contributed by atoms with Gasteiger partial charge in [-0.2, -0.15) is 0 Å². The van der Waals surface area contributed by atoms with Crippen molar-refractivity contribution in [3.63, 3.8) is 0 Å². The van der Waals surface area contributed by atoms with Crippen molar-refractivity contribution in [1.82, 2.24) is 0 Å². The van der Waals surface area contributed by atoms with Crippen LogP contribution in [0.1, 0.15) is 6.92 Å². The zero-order chi connectivity index (χ0) is 4.99. The second-order valence-corrected chi connectivity index (χ2v) is 7.06. The molecule has 0 saturated heterocycles. The molecule has 0 aliphatic carbocycles. The maximum Gasteiger partial charge on any atom is 0.0461 e. The van der Waals surface area contributed by atoms with Crippen LogP contribution in [-0.4, -0.2) is 12.4 Å². The molecule has 0 saturated carbocycles. The van der Waals surface area contributed by atoms with Crippen molar-refractivity contribution in [1.29, 1.82) is 0 Å². The minimum atomic E-state index is -0.212. The molecule has 0 aromatic carbocycles. The highest BCUT2D eigenvalue weighted by Crippen LogP contribution is 2.50. The van der Waals surface area contributed by atoms with Crippen molar-refractivity contribution < 1.29 is 0 Å². The predicted molar refractivity (Wildman–Crippen MR) is 36.8 cm³/mol. The highest BCUT2D eigenvalue weighted by molar-refractivity contribution is 8.62. The van der Waals surface area contributed by atoms with Crippen LogP contribution in [-0.2, 0) is 0 Å². The van der Waals surface area contributed by atoms with Gasteiger partial charge >= 0.3 is 0 Å². The molecule has 0 rings (SSSR count). The maximum absolute atomic E-state index is 5.61. The van der Waals surface area contributed by atoms with Crippen molar-refractivity contribution in [3.8, 4) is 0 Å². The first-order valence-electron chi connectivity index (χ1n) is 1.79. The average molecular weight is 143 g/mol. The average Bonchev–Trinajstić information content (AvgIpc) is 1.35. The van der Waals surface area contributed by atoms with Crippen LogP contribution in [0.2, 0.25) is 0 Å². The van der Waals surface area contributed by atoms with Gasteiger partial charge in [-0.25, -0.2) is 0 Å². The van der Waals surface area contributed by atoms with Gasteiger partial charge in [0.1, 0.15) is 0 Å². The lowest BCUT2D eigenvalue weighted by Gasteiger charge is -1.93. The van der Waals surface area contributed by atoms with Gasteiger partial charge in [-0.05, 0) is 12.4 Å². The summed E-state index contributed by atoms with van der Waals surface area (Å²) in [6, 6.07) is 0. The summed E-state index contributed by atoms with van der Waals surface area (Å²) in [5.74, 6) is 1.14. The molecule has 1 unspecified atom stereocenters. The maximum atomic E-state index is 5.61. The Balaban J connectivity index is 2.63. The van der Waals surface area contributed by atoms with E-state index in [0.29, 0.717) is 0 Å². The Kier molecular flexibility index (Phi) is 4.99. The van der Waals surface area contributed by atoms with Gasteiger partial charge in [-0.3, -0.25) is 0 Å². The molecular weight excluding hydrogens is 135 g/mol. The first kappa shape index (κ1) is 7.07. The largest absolute Gasteiger partial charge is 0.118 e. The topological polar surface area (TPSA) is 0 Å². The highest BCUT2D eigenvalue weighted by Gasteiger charge is 1.88. The monoisotopic (exact) mass is 142 g/mol. The molecule has 0 radical (unpaired) electrons. The van der Waals surface area contributed by atoms with Gasteiger partial charge in [-0.1, -0.05) is 18.2 Å². The Labute approximate surface area is 48.9 Å².